The summed E-state index contributed by atoms with van der Waals surface area (Å²) in [5, 5.41) is 12.4. The zero-order valence-electron chi connectivity index (χ0n) is 11.9. The molecule has 2 aromatic rings. The Balaban J connectivity index is 2.01. The molecule has 2 rings (SSSR count). The zero-order valence-corrected chi connectivity index (χ0v) is 12.8. The van der Waals surface area contributed by atoms with Crippen molar-refractivity contribution in [3.05, 3.63) is 56.8 Å². The highest BCUT2D eigenvalue weighted by Gasteiger charge is 2.12. The Morgan fingerprint density at radius 1 is 1.30 bits per heavy atom. The molecule has 0 bridgehead atoms. The molecule has 1 heterocycles. The third-order valence-electron chi connectivity index (χ3n) is 3.41. The van der Waals surface area contributed by atoms with Crippen molar-refractivity contribution < 1.29 is 9.90 Å². The van der Waals surface area contributed by atoms with Crippen LogP contribution in [0.25, 0.3) is 0 Å². The minimum absolute atomic E-state index is 0.239. The summed E-state index contributed by atoms with van der Waals surface area (Å²) in [7, 11) is 0. The standard InChI is InChI=1S/C16H19NO2S/c1-10-4-6-13(7-5-10)11(2)17-9-14-8-15(16(18)19)20-12(14)3/h4-8,11,17H,9H2,1-3H3,(H,18,19)/t11-/m0/s1. The van der Waals surface area contributed by atoms with E-state index in [-0.39, 0.29) is 6.04 Å². The van der Waals surface area contributed by atoms with Gasteiger partial charge >= 0.3 is 5.97 Å². The van der Waals surface area contributed by atoms with Gasteiger partial charge in [-0.15, -0.1) is 11.3 Å². The van der Waals surface area contributed by atoms with Gasteiger partial charge in [-0.3, -0.25) is 0 Å². The number of aromatic carboxylic acids is 1. The van der Waals surface area contributed by atoms with E-state index in [1.54, 1.807) is 6.07 Å². The van der Waals surface area contributed by atoms with Crippen molar-refractivity contribution in [1.82, 2.24) is 5.32 Å². The lowest BCUT2D eigenvalue weighted by Crippen LogP contribution is -2.18. The number of thiophene rings is 1. The van der Waals surface area contributed by atoms with Gasteiger partial charge in [0.15, 0.2) is 0 Å². The first-order valence-corrected chi connectivity index (χ1v) is 7.41. The Bertz CT molecular complexity index is 601. The summed E-state index contributed by atoms with van der Waals surface area (Å²) in [6.07, 6.45) is 0. The molecule has 2 N–H and O–H groups in total. The number of hydrogen-bond donors (Lipinski definition) is 2. The van der Waals surface area contributed by atoms with Crippen LogP contribution in [0.4, 0.5) is 0 Å². The molecule has 0 radical (unpaired) electrons. The van der Waals surface area contributed by atoms with Gasteiger partial charge in [-0.25, -0.2) is 4.79 Å². The van der Waals surface area contributed by atoms with Gasteiger partial charge in [0.1, 0.15) is 4.88 Å². The Labute approximate surface area is 123 Å². The maximum Gasteiger partial charge on any atom is 0.345 e. The second-order valence-corrected chi connectivity index (χ2v) is 6.27. The Hall–Kier alpha value is -1.65. The van der Waals surface area contributed by atoms with Gasteiger partial charge in [-0.05, 0) is 38.0 Å². The maximum atomic E-state index is 10.9. The number of benzene rings is 1. The Morgan fingerprint density at radius 3 is 2.50 bits per heavy atom. The maximum absolute atomic E-state index is 10.9. The minimum atomic E-state index is -0.851. The van der Waals surface area contributed by atoms with Crippen LogP contribution in [0.1, 0.15) is 44.2 Å². The summed E-state index contributed by atoms with van der Waals surface area (Å²) in [5.41, 5.74) is 3.55. The molecule has 20 heavy (non-hydrogen) atoms. The average Bonchev–Trinajstić information content (AvgIpc) is 2.78. The summed E-state index contributed by atoms with van der Waals surface area (Å²) >= 11 is 1.33. The summed E-state index contributed by atoms with van der Waals surface area (Å²) in [6, 6.07) is 10.4. The smallest absolute Gasteiger partial charge is 0.345 e. The molecule has 0 aliphatic rings. The summed E-state index contributed by atoms with van der Waals surface area (Å²) in [4.78, 5) is 12.4. The number of rotatable bonds is 5. The molecule has 1 aromatic heterocycles. The molecule has 1 atom stereocenters. The van der Waals surface area contributed by atoms with Crippen LogP contribution in [0.3, 0.4) is 0 Å². The molecule has 106 valence electrons. The van der Waals surface area contributed by atoms with Crippen molar-refractivity contribution in [3.8, 4) is 0 Å². The molecular formula is C16H19NO2S. The quantitative estimate of drug-likeness (QED) is 0.877. The molecule has 0 saturated carbocycles. The van der Waals surface area contributed by atoms with Gasteiger partial charge in [-0.2, -0.15) is 0 Å². The summed E-state index contributed by atoms with van der Waals surface area (Å²) in [6.45, 7) is 6.84. The highest BCUT2D eigenvalue weighted by atomic mass is 32.1. The molecule has 1 aromatic carbocycles. The lowest BCUT2D eigenvalue weighted by atomic mass is 10.1. The number of carboxylic acid groups (broad SMARTS) is 1. The normalized spacial score (nSPS) is 12.3. The second-order valence-electron chi connectivity index (χ2n) is 5.01. The van der Waals surface area contributed by atoms with E-state index >= 15 is 0 Å². The van der Waals surface area contributed by atoms with E-state index < -0.39 is 5.97 Å². The van der Waals surface area contributed by atoms with Gasteiger partial charge in [0.05, 0.1) is 0 Å². The first kappa shape index (κ1) is 14.8. The lowest BCUT2D eigenvalue weighted by Gasteiger charge is -2.14. The van der Waals surface area contributed by atoms with Crippen molar-refractivity contribution in [3.63, 3.8) is 0 Å². The van der Waals surface area contributed by atoms with E-state index in [1.807, 2.05) is 6.92 Å². The van der Waals surface area contributed by atoms with Crippen LogP contribution >= 0.6 is 11.3 Å². The van der Waals surface area contributed by atoms with Crippen molar-refractivity contribution in [2.45, 2.75) is 33.4 Å². The predicted molar refractivity (Wildman–Crippen MR) is 82.4 cm³/mol. The van der Waals surface area contributed by atoms with E-state index in [0.717, 1.165) is 10.4 Å². The van der Waals surface area contributed by atoms with E-state index in [9.17, 15) is 4.79 Å². The molecule has 0 fully saturated rings. The van der Waals surface area contributed by atoms with E-state index in [1.165, 1.54) is 22.5 Å². The zero-order chi connectivity index (χ0) is 14.7. The molecule has 0 amide bonds. The highest BCUT2D eigenvalue weighted by molar-refractivity contribution is 7.14. The van der Waals surface area contributed by atoms with Crippen LogP contribution in [0.5, 0.6) is 0 Å². The average molecular weight is 289 g/mol. The summed E-state index contributed by atoms with van der Waals surface area (Å²) in [5.74, 6) is -0.851. The first-order valence-electron chi connectivity index (χ1n) is 6.60. The van der Waals surface area contributed by atoms with Gasteiger partial charge in [0.25, 0.3) is 0 Å². The van der Waals surface area contributed by atoms with Crippen LogP contribution in [0.15, 0.2) is 30.3 Å². The monoisotopic (exact) mass is 289 g/mol. The largest absolute Gasteiger partial charge is 0.477 e. The second kappa shape index (κ2) is 6.20. The van der Waals surface area contributed by atoms with Crippen molar-refractivity contribution in [2.24, 2.45) is 0 Å². The van der Waals surface area contributed by atoms with Gasteiger partial charge in [-0.1, -0.05) is 29.8 Å². The summed E-state index contributed by atoms with van der Waals surface area (Å²) < 4.78 is 0. The fourth-order valence-corrected chi connectivity index (χ4v) is 2.92. The van der Waals surface area contributed by atoms with Gasteiger partial charge < -0.3 is 10.4 Å². The Kier molecular flexibility index (Phi) is 4.57. The first-order chi connectivity index (χ1) is 9.47. The van der Waals surface area contributed by atoms with E-state index in [0.29, 0.717) is 11.4 Å². The topological polar surface area (TPSA) is 49.3 Å². The molecule has 0 aliphatic carbocycles. The van der Waals surface area contributed by atoms with Gasteiger partial charge in [0.2, 0.25) is 0 Å². The van der Waals surface area contributed by atoms with Crippen molar-refractivity contribution in [2.75, 3.05) is 0 Å². The fraction of sp³-hybridized carbons (Fsp3) is 0.312. The molecule has 0 unspecified atom stereocenters. The highest BCUT2D eigenvalue weighted by Crippen LogP contribution is 2.22. The van der Waals surface area contributed by atoms with Crippen LogP contribution in [0.2, 0.25) is 0 Å². The SMILES string of the molecule is Cc1ccc([C@H](C)NCc2cc(C(=O)O)sc2C)cc1. The predicted octanol–water partition coefficient (Wildman–Crippen LogP) is 3.91. The Morgan fingerprint density at radius 2 is 1.95 bits per heavy atom. The molecule has 0 saturated heterocycles. The van der Waals surface area contributed by atoms with Crippen molar-refractivity contribution >= 4 is 17.3 Å². The molecule has 0 spiro atoms. The number of nitrogens with one attached hydrogen (secondary N) is 1. The van der Waals surface area contributed by atoms with Crippen LogP contribution in [-0.2, 0) is 6.54 Å². The molecular weight excluding hydrogens is 270 g/mol. The number of hydrogen-bond acceptors (Lipinski definition) is 3. The number of carbonyl (C=O) groups is 1. The van der Waals surface area contributed by atoms with E-state index in [4.69, 9.17) is 5.11 Å². The molecule has 3 nitrogen and oxygen atoms in total. The van der Waals surface area contributed by atoms with E-state index in [2.05, 4.69) is 43.4 Å². The third kappa shape index (κ3) is 3.46. The number of carboxylic acids is 1. The minimum Gasteiger partial charge on any atom is -0.477 e. The van der Waals surface area contributed by atoms with Crippen LogP contribution in [-0.4, -0.2) is 11.1 Å². The molecule has 4 heteroatoms. The number of aryl methyl sites for hydroxylation is 2. The van der Waals surface area contributed by atoms with Crippen molar-refractivity contribution in [1.29, 1.82) is 0 Å². The van der Waals surface area contributed by atoms with Crippen LogP contribution < -0.4 is 5.32 Å². The molecule has 0 aliphatic heterocycles. The third-order valence-corrected chi connectivity index (χ3v) is 4.49. The van der Waals surface area contributed by atoms with Crippen LogP contribution in [0, 0.1) is 13.8 Å². The van der Waals surface area contributed by atoms with Gasteiger partial charge in [0, 0.05) is 17.5 Å². The fourth-order valence-electron chi connectivity index (χ4n) is 2.04. The lowest BCUT2D eigenvalue weighted by molar-refractivity contribution is 0.0702.